The quantitative estimate of drug-likeness (QED) is 0.629. The highest BCUT2D eigenvalue weighted by atomic mass is 16.2. The third-order valence-electron chi connectivity index (χ3n) is 7.57. The Balaban J connectivity index is 1.10. The number of amides is 2. The van der Waals surface area contributed by atoms with Gasteiger partial charge in [-0.15, -0.1) is 0 Å². The number of benzene rings is 1. The highest BCUT2D eigenvalue weighted by molar-refractivity contribution is 6.01. The number of nitrogens with one attached hydrogen (secondary N) is 2. The van der Waals surface area contributed by atoms with Gasteiger partial charge in [0.15, 0.2) is 0 Å². The molecule has 2 aromatic heterocycles. The number of allylic oxidation sites excluding steroid dienone is 1. The molecule has 34 heavy (non-hydrogen) atoms. The van der Waals surface area contributed by atoms with Crippen molar-refractivity contribution in [1.29, 1.82) is 0 Å². The molecule has 0 bridgehead atoms. The van der Waals surface area contributed by atoms with Crippen molar-refractivity contribution in [2.75, 3.05) is 13.1 Å². The molecule has 2 amide bonds. The van der Waals surface area contributed by atoms with Gasteiger partial charge in [-0.05, 0) is 80.1 Å². The Labute approximate surface area is 198 Å². The van der Waals surface area contributed by atoms with Crippen molar-refractivity contribution in [1.82, 2.24) is 25.1 Å². The number of nitrogens with zero attached hydrogens (tertiary/aromatic N) is 3. The average molecular weight is 456 g/mol. The first-order valence-corrected chi connectivity index (χ1v) is 12.1. The maximum absolute atomic E-state index is 13.0. The topological polar surface area (TPSA) is 81.3 Å². The first kappa shape index (κ1) is 21.1. The molecule has 2 N–H and O–H groups in total. The van der Waals surface area contributed by atoms with Gasteiger partial charge in [-0.2, -0.15) is 0 Å². The van der Waals surface area contributed by atoms with Crippen molar-refractivity contribution in [2.45, 2.75) is 50.7 Å². The van der Waals surface area contributed by atoms with Crippen LogP contribution in [0, 0.1) is 0 Å². The van der Waals surface area contributed by atoms with Gasteiger partial charge in [-0.1, -0.05) is 18.7 Å². The van der Waals surface area contributed by atoms with Gasteiger partial charge in [0.1, 0.15) is 11.7 Å². The Hall–Kier alpha value is -3.45. The molecule has 6 rings (SSSR count). The second kappa shape index (κ2) is 8.40. The summed E-state index contributed by atoms with van der Waals surface area (Å²) >= 11 is 0. The minimum atomic E-state index is -0.407. The van der Waals surface area contributed by atoms with Gasteiger partial charge in [0.05, 0.1) is 5.69 Å². The molecule has 2 saturated heterocycles. The predicted octanol–water partition coefficient (Wildman–Crippen LogP) is 3.69. The van der Waals surface area contributed by atoms with Gasteiger partial charge >= 0.3 is 0 Å². The number of pyridine rings is 1. The van der Waals surface area contributed by atoms with Crippen LogP contribution in [0.3, 0.4) is 0 Å². The van der Waals surface area contributed by atoms with Gasteiger partial charge in [-0.3, -0.25) is 14.5 Å². The van der Waals surface area contributed by atoms with E-state index in [1.807, 2.05) is 18.3 Å². The Morgan fingerprint density at radius 3 is 2.74 bits per heavy atom. The Kier molecular flexibility index (Phi) is 5.21. The van der Waals surface area contributed by atoms with Crippen LogP contribution in [0.1, 0.15) is 58.8 Å². The number of carbonyl (C=O) groups excluding carboxylic acids is 2. The third kappa shape index (κ3) is 3.80. The zero-order valence-electron chi connectivity index (χ0n) is 19.2. The molecule has 3 aliphatic heterocycles. The summed E-state index contributed by atoms with van der Waals surface area (Å²) in [5.41, 5.74) is 5.87. The van der Waals surface area contributed by atoms with Crippen LogP contribution in [0.2, 0.25) is 0 Å². The fourth-order valence-electron chi connectivity index (χ4n) is 5.64. The zero-order valence-corrected chi connectivity index (χ0v) is 19.2. The lowest BCUT2D eigenvalue weighted by molar-refractivity contribution is -0.126. The first-order chi connectivity index (χ1) is 16.5. The second-order valence-corrected chi connectivity index (χ2v) is 9.77. The summed E-state index contributed by atoms with van der Waals surface area (Å²) in [6.45, 7) is 7.28. The number of likely N-dealkylation sites (tertiary alicyclic amines) is 1. The van der Waals surface area contributed by atoms with Crippen molar-refractivity contribution in [3.8, 4) is 0 Å². The molecule has 1 aromatic carbocycles. The third-order valence-corrected chi connectivity index (χ3v) is 7.57. The van der Waals surface area contributed by atoms with Gasteiger partial charge in [0, 0.05) is 35.9 Å². The number of aromatic amines is 1. The van der Waals surface area contributed by atoms with Crippen LogP contribution in [-0.2, 0) is 17.9 Å². The summed E-state index contributed by atoms with van der Waals surface area (Å²) in [6.07, 6.45) is 5.47. The van der Waals surface area contributed by atoms with Crippen LogP contribution >= 0.6 is 0 Å². The van der Waals surface area contributed by atoms with E-state index in [9.17, 15) is 9.59 Å². The van der Waals surface area contributed by atoms with Crippen LogP contribution in [0.5, 0.6) is 0 Å². The molecule has 2 fully saturated rings. The van der Waals surface area contributed by atoms with Crippen molar-refractivity contribution in [3.05, 3.63) is 77.3 Å². The highest BCUT2D eigenvalue weighted by Crippen LogP contribution is 2.34. The lowest BCUT2D eigenvalue weighted by atomic mass is 9.88. The smallest absolute Gasteiger partial charge is 0.255 e. The lowest BCUT2D eigenvalue weighted by Gasteiger charge is -2.32. The number of fused-ring (bicyclic) bond motifs is 2. The van der Waals surface area contributed by atoms with Crippen molar-refractivity contribution in [2.24, 2.45) is 0 Å². The summed E-state index contributed by atoms with van der Waals surface area (Å²) in [5.74, 6) is 0.344. The molecule has 174 valence electrons. The Bertz CT molecular complexity index is 1290. The molecule has 0 aliphatic carbocycles. The van der Waals surface area contributed by atoms with Crippen LogP contribution in [0.4, 0.5) is 0 Å². The lowest BCUT2D eigenvalue weighted by Crippen LogP contribution is -2.49. The van der Waals surface area contributed by atoms with Gasteiger partial charge in [0.2, 0.25) is 5.91 Å². The Morgan fingerprint density at radius 1 is 1.06 bits per heavy atom. The predicted molar refractivity (Wildman–Crippen MR) is 130 cm³/mol. The van der Waals surface area contributed by atoms with E-state index in [0.29, 0.717) is 25.3 Å². The highest BCUT2D eigenvalue weighted by Gasteiger charge is 2.38. The number of hydrogen-bond acceptors (Lipinski definition) is 4. The van der Waals surface area contributed by atoms with E-state index in [2.05, 4.69) is 46.0 Å². The Morgan fingerprint density at radius 2 is 1.91 bits per heavy atom. The largest absolute Gasteiger partial charge is 0.346 e. The molecule has 3 aliphatic rings. The van der Waals surface area contributed by atoms with Crippen LogP contribution in [0.15, 0.2) is 54.9 Å². The summed E-state index contributed by atoms with van der Waals surface area (Å²) in [4.78, 5) is 37.6. The molecule has 5 heterocycles. The van der Waals surface area contributed by atoms with Gasteiger partial charge in [0.25, 0.3) is 5.91 Å². The standard InChI is InChI=1S/C27H29N5O2/c1-17-2-7-24(26(33)29-17)32-15-21-14-20(4-6-23(21)27(32)34)18-9-12-31(13-10-18)16-22-5-3-19-8-11-28-25(19)30-22/h3-6,8,11,14,18,24H,1-2,7,9-10,12-13,15-16H2,(H,28,30)(H,29,33). The minimum Gasteiger partial charge on any atom is -0.346 e. The fraction of sp³-hybridized carbons (Fsp3) is 0.370. The number of rotatable bonds is 4. The van der Waals surface area contributed by atoms with E-state index in [4.69, 9.17) is 4.98 Å². The number of carbonyl (C=O) groups is 2. The number of H-pyrrole nitrogens is 1. The molecule has 7 heteroatoms. The summed E-state index contributed by atoms with van der Waals surface area (Å²) in [5, 5.41) is 3.95. The van der Waals surface area contributed by atoms with Gasteiger partial charge < -0.3 is 15.2 Å². The normalized spacial score (nSPS) is 21.8. The fourth-order valence-corrected chi connectivity index (χ4v) is 5.64. The molecule has 0 spiro atoms. The van der Waals surface area contributed by atoms with Crippen LogP contribution in [-0.4, -0.2) is 50.7 Å². The maximum Gasteiger partial charge on any atom is 0.255 e. The van der Waals surface area contributed by atoms with Crippen molar-refractivity contribution >= 4 is 22.8 Å². The second-order valence-electron chi connectivity index (χ2n) is 9.77. The number of piperidine rings is 2. The van der Waals surface area contributed by atoms with E-state index in [-0.39, 0.29) is 11.8 Å². The van der Waals surface area contributed by atoms with E-state index in [1.54, 1.807) is 4.90 Å². The van der Waals surface area contributed by atoms with Crippen molar-refractivity contribution < 1.29 is 9.59 Å². The van der Waals surface area contributed by atoms with Crippen LogP contribution < -0.4 is 5.32 Å². The van der Waals surface area contributed by atoms with E-state index in [1.165, 1.54) is 5.56 Å². The van der Waals surface area contributed by atoms with E-state index >= 15 is 0 Å². The maximum atomic E-state index is 13.0. The molecule has 7 nitrogen and oxygen atoms in total. The first-order valence-electron chi connectivity index (χ1n) is 12.1. The van der Waals surface area contributed by atoms with E-state index < -0.39 is 6.04 Å². The SMILES string of the molecule is C=C1CCC(N2Cc3cc(C4CCN(Cc5ccc6cc[nH]c6n5)CC4)ccc3C2=O)C(=O)N1. The molecular formula is C27H29N5O2. The summed E-state index contributed by atoms with van der Waals surface area (Å²) in [7, 11) is 0. The average Bonchev–Trinajstić information content (AvgIpc) is 3.43. The molecule has 0 saturated carbocycles. The van der Waals surface area contributed by atoms with Gasteiger partial charge in [-0.25, -0.2) is 4.98 Å². The molecule has 0 radical (unpaired) electrons. The molecule has 1 atom stereocenters. The molecule has 1 unspecified atom stereocenters. The monoisotopic (exact) mass is 455 g/mol. The summed E-state index contributed by atoms with van der Waals surface area (Å²) in [6, 6.07) is 12.2. The number of aromatic nitrogens is 2. The van der Waals surface area contributed by atoms with Crippen LogP contribution in [0.25, 0.3) is 11.0 Å². The van der Waals surface area contributed by atoms with Crippen molar-refractivity contribution in [3.63, 3.8) is 0 Å². The number of hydrogen-bond donors (Lipinski definition) is 2. The summed E-state index contributed by atoms with van der Waals surface area (Å²) < 4.78 is 0. The zero-order chi connectivity index (χ0) is 23.2. The molecule has 3 aromatic rings. The minimum absolute atomic E-state index is 0.0319. The van der Waals surface area contributed by atoms with E-state index in [0.717, 1.165) is 66.0 Å². The molecular weight excluding hydrogens is 426 g/mol.